The standard InChI is InChI=1S/C14H24N2O/c1-10(2)13(9-15)16(4)12-8-11(3)6-7-14(12)17-5/h6-8,10,13H,9,15H2,1-5H3. The van der Waals surface area contributed by atoms with E-state index in [0.717, 1.165) is 11.4 Å². The van der Waals surface area contributed by atoms with E-state index >= 15 is 0 Å². The van der Waals surface area contributed by atoms with Crippen LogP contribution in [0.1, 0.15) is 19.4 Å². The van der Waals surface area contributed by atoms with Gasteiger partial charge in [-0.3, -0.25) is 0 Å². The van der Waals surface area contributed by atoms with Crippen LogP contribution in [0.3, 0.4) is 0 Å². The normalized spacial score (nSPS) is 12.6. The Labute approximate surface area is 105 Å². The summed E-state index contributed by atoms with van der Waals surface area (Å²) in [5.74, 6) is 1.41. The first-order valence-corrected chi connectivity index (χ1v) is 6.08. The third kappa shape index (κ3) is 3.13. The van der Waals surface area contributed by atoms with E-state index in [0.29, 0.717) is 18.5 Å². The van der Waals surface area contributed by atoms with Gasteiger partial charge >= 0.3 is 0 Å². The first-order valence-electron chi connectivity index (χ1n) is 6.08. The summed E-state index contributed by atoms with van der Waals surface area (Å²) in [5, 5.41) is 0. The third-order valence-electron chi connectivity index (χ3n) is 3.22. The zero-order chi connectivity index (χ0) is 13.0. The zero-order valence-corrected chi connectivity index (χ0v) is 11.5. The fraction of sp³-hybridized carbons (Fsp3) is 0.571. The molecule has 0 saturated heterocycles. The van der Waals surface area contributed by atoms with E-state index in [-0.39, 0.29) is 0 Å². The molecule has 1 rings (SSSR count). The summed E-state index contributed by atoms with van der Waals surface area (Å²) in [6.07, 6.45) is 0. The maximum atomic E-state index is 5.86. The quantitative estimate of drug-likeness (QED) is 0.853. The minimum absolute atomic E-state index is 0.325. The number of likely N-dealkylation sites (N-methyl/N-ethyl adjacent to an activating group) is 1. The van der Waals surface area contributed by atoms with E-state index in [1.54, 1.807) is 7.11 Å². The van der Waals surface area contributed by atoms with Crippen molar-refractivity contribution in [2.45, 2.75) is 26.8 Å². The molecule has 0 fully saturated rings. The Kier molecular flexibility index (Phi) is 4.82. The molecular formula is C14H24N2O. The predicted molar refractivity (Wildman–Crippen MR) is 73.8 cm³/mol. The van der Waals surface area contributed by atoms with Crippen LogP contribution in [0.5, 0.6) is 5.75 Å². The molecule has 0 aliphatic carbocycles. The van der Waals surface area contributed by atoms with Crippen LogP contribution in [0, 0.1) is 12.8 Å². The minimum atomic E-state index is 0.325. The predicted octanol–water partition coefficient (Wildman–Crippen LogP) is 2.42. The van der Waals surface area contributed by atoms with Crippen LogP contribution in [-0.4, -0.2) is 26.7 Å². The van der Waals surface area contributed by atoms with Crippen molar-refractivity contribution >= 4 is 5.69 Å². The lowest BCUT2D eigenvalue weighted by Gasteiger charge is -2.33. The molecule has 0 aliphatic heterocycles. The SMILES string of the molecule is COc1ccc(C)cc1N(C)C(CN)C(C)C. The molecule has 0 bridgehead atoms. The molecule has 3 heteroatoms. The number of methoxy groups -OCH3 is 1. The van der Waals surface area contributed by atoms with Crippen LogP contribution in [0.15, 0.2) is 18.2 Å². The van der Waals surface area contributed by atoms with Gasteiger partial charge in [-0.25, -0.2) is 0 Å². The number of nitrogens with zero attached hydrogens (tertiary/aromatic N) is 1. The Bertz CT molecular complexity index is 363. The van der Waals surface area contributed by atoms with Gasteiger partial charge in [0.2, 0.25) is 0 Å². The van der Waals surface area contributed by atoms with Gasteiger partial charge in [0.15, 0.2) is 0 Å². The topological polar surface area (TPSA) is 38.5 Å². The van der Waals surface area contributed by atoms with Crippen molar-refractivity contribution in [3.63, 3.8) is 0 Å². The number of benzene rings is 1. The van der Waals surface area contributed by atoms with Crippen LogP contribution in [0.2, 0.25) is 0 Å². The summed E-state index contributed by atoms with van der Waals surface area (Å²) in [7, 11) is 3.78. The van der Waals surface area contributed by atoms with Crippen molar-refractivity contribution < 1.29 is 4.74 Å². The Hall–Kier alpha value is -1.22. The summed E-state index contributed by atoms with van der Waals surface area (Å²) >= 11 is 0. The highest BCUT2D eigenvalue weighted by Crippen LogP contribution is 2.30. The Morgan fingerprint density at radius 1 is 1.35 bits per heavy atom. The van der Waals surface area contributed by atoms with Crippen molar-refractivity contribution in [1.29, 1.82) is 0 Å². The van der Waals surface area contributed by atoms with Crippen LogP contribution < -0.4 is 15.4 Å². The van der Waals surface area contributed by atoms with Crippen molar-refractivity contribution in [2.24, 2.45) is 11.7 Å². The van der Waals surface area contributed by atoms with Gasteiger partial charge in [0.05, 0.1) is 12.8 Å². The molecule has 1 unspecified atom stereocenters. The Morgan fingerprint density at radius 2 is 2.00 bits per heavy atom. The summed E-state index contributed by atoms with van der Waals surface area (Å²) in [4.78, 5) is 2.22. The number of hydrogen-bond acceptors (Lipinski definition) is 3. The van der Waals surface area contributed by atoms with Crippen molar-refractivity contribution in [3.05, 3.63) is 23.8 Å². The van der Waals surface area contributed by atoms with Gasteiger partial charge in [-0.1, -0.05) is 19.9 Å². The first-order chi connectivity index (χ1) is 8.01. The summed E-state index contributed by atoms with van der Waals surface area (Å²) in [6.45, 7) is 7.11. The summed E-state index contributed by atoms with van der Waals surface area (Å²) < 4.78 is 5.41. The number of anilines is 1. The first kappa shape index (κ1) is 13.8. The highest BCUT2D eigenvalue weighted by molar-refractivity contribution is 5.60. The average molecular weight is 236 g/mol. The second-order valence-corrected chi connectivity index (χ2v) is 4.83. The van der Waals surface area contributed by atoms with Crippen LogP contribution in [-0.2, 0) is 0 Å². The molecule has 0 amide bonds. The van der Waals surface area contributed by atoms with E-state index < -0.39 is 0 Å². The molecule has 1 aromatic rings. The van der Waals surface area contributed by atoms with E-state index in [2.05, 4.69) is 44.9 Å². The van der Waals surface area contributed by atoms with E-state index in [1.807, 2.05) is 6.07 Å². The van der Waals surface area contributed by atoms with Gasteiger partial charge in [0.1, 0.15) is 5.75 Å². The monoisotopic (exact) mass is 236 g/mol. The van der Waals surface area contributed by atoms with E-state index in [4.69, 9.17) is 10.5 Å². The summed E-state index contributed by atoms with van der Waals surface area (Å²) in [5.41, 5.74) is 8.20. The van der Waals surface area contributed by atoms with Crippen LogP contribution >= 0.6 is 0 Å². The van der Waals surface area contributed by atoms with Crippen LogP contribution in [0.4, 0.5) is 5.69 Å². The molecule has 1 aromatic carbocycles. The molecule has 1 atom stereocenters. The van der Waals surface area contributed by atoms with Gasteiger partial charge in [-0.05, 0) is 30.5 Å². The lowest BCUT2D eigenvalue weighted by molar-refractivity contribution is 0.409. The molecule has 0 saturated carbocycles. The largest absolute Gasteiger partial charge is 0.495 e. The molecule has 17 heavy (non-hydrogen) atoms. The zero-order valence-electron chi connectivity index (χ0n) is 11.5. The highest BCUT2D eigenvalue weighted by atomic mass is 16.5. The smallest absolute Gasteiger partial charge is 0.142 e. The molecule has 0 radical (unpaired) electrons. The van der Waals surface area contributed by atoms with Gasteiger partial charge in [0, 0.05) is 19.6 Å². The minimum Gasteiger partial charge on any atom is -0.495 e. The van der Waals surface area contributed by atoms with E-state index in [9.17, 15) is 0 Å². The molecule has 0 aliphatic rings. The molecule has 2 N–H and O–H groups in total. The molecule has 0 heterocycles. The van der Waals surface area contributed by atoms with Crippen molar-refractivity contribution in [1.82, 2.24) is 0 Å². The lowest BCUT2D eigenvalue weighted by atomic mass is 10.0. The molecular weight excluding hydrogens is 212 g/mol. The molecule has 96 valence electrons. The fourth-order valence-electron chi connectivity index (χ4n) is 2.13. The number of rotatable bonds is 5. The third-order valence-corrected chi connectivity index (χ3v) is 3.22. The number of aryl methyl sites for hydroxylation is 1. The maximum absolute atomic E-state index is 5.86. The molecule has 0 aromatic heterocycles. The van der Waals surface area contributed by atoms with Crippen molar-refractivity contribution in [3.8, 4) is 5.75 Å². The van der Waals surface area contributed by atoms with Gasteiger partial charge in [0.25, 0.3) is 0 Å². The second kappa shape index (κ2) is 5.92. The summed E-state index contributed by atoms with van der Waals surface area (Å²) in [6, 6.07) is 6.53. The highest BCUT2D eigenvalue weighted by Gasteiger charge is 2.20. The molecule has 3 nitrogen and oxygen atoms in total. The number of nitrogens with two attached hydrogens (primary N) is 1. The van der Waals surface area contributed by atoms with E-state index in [1.165, 1.54) is 5.56 Å². The van der Waals surface area contributed by atoms with Gasteiger partial charge < -0.3 is 15.4 Å². The van der Waals surface area contributed by atoms with Crippen molar-refractivity contribution in [2.75, 3.05) is 25.6 Å². The second-order valence-electron chi connectivity index (χ2n) is 4.83. The maximum Gasteiger partial charge on any atom is 0.142 e. The van der Waals surface area contributed by atoms with Crippen LogP contribution in [0.25, 0.3) is 0 Å². The average Bonchev–Trinajstić information content (AvgIpc) is 2.29. The number of ether oxygens (including phenoxy) is 1. The Balaban J connectivity index is 3.08. The lowest BCUT2D eigenvalue weighted by Crippen LogP contribution is -2.42. The number of hydrogen-bond donors (Lipinski definition) is 1. The Morgan fingerprint density at radius 3 is 2.47 bits per heavy atom. The fourth-order valence-corrected chi connectivity index (χ4v) is 2.13. The van der Waals surface area contributed by atoms with Gasteiger partial charge in [-0.15, -0.1) is 0 Å². The van der Waals surface area contributed by atoms with Gasteiger partial charge in [-0.2, -0.15) is 0 Å². The molecule has 0 spiro atoms.